The van der Waals surface area contributed by atoms with Crippen molar-refractivity contribution in [2.75, 3.05) is 20.0 Å². The van der Waals surface area contributed by atoms with Crippen molar-refractivity contribution in [1.82, 2.24) is 0 Å². The first kappa shape index (κ1) is 7.75. The van der Waals surface area contributed by atoms with E-state index in [1.54, 1.807) is 0 Å². The summed E-state index contributed by atoms with van der Waals surface area (Å²) in [6.07, 6.45) is 0. The molecule has 0 radical (unpaired) electrons. The van der Waals surface area contributed by atoms with Crippen molar-refractivity contribution >= 4 is 12.6 Å². The predicted octanol–water partition coefficient (Wildman–Crippen LogP) is 2.22. The minimum atomic E-state index is -0.768. The van der Waals surface area contributed by atoms with E-state index < -0.39 is 7.26 Å². The fourth-order valence-electron chi connectivity index (χ4n) is 0.875. The Bertz CT molecular complexity index is 196. The molecule has 0 aromatic heterocycles. The van der Waals surface area contributed by atoms with Crippen LogP contribution >= 0.6 is 7.26 Å². The summed E-state index contributed by atoms with van der Waals surface area (Å²) in [5.41, 5.74) is 0. The van der Waals surface area contributed by atoms with E-state index in [9.17, 15) is 0 Å². The van der Waals surface area contributed by atoms with Crippen molar-refractivity contribution in [2.45, 2.75) is 0 Å². The lowest BCUT2D eigenvalue weighted by molar-refractivity contribution is 1.75. The SMILES string of the molecule is C[P+](C)(C)c1ccccc1. The van der Waals surface area contributed by atoms with Crippen molar-refractivity contribution in [3.8, 4) is 0 Å². The maximum absolute atomic E-state index is 2.34. The molecular formula is C9H14P+. The lowest BCUT2D eigenvalue weighted by Crippen LogP contribution is -2.05. The summed E-state index contributed by atoms with van der Waals surface area (Å²) in [7, 11) is -0.768. The van der Waals surface area contributed by atoms with Crippen LogP contribution in [0.4, 0.5) is 0 Å². The third-order valence-corrected chi connectivity index (χ3v) is 3.38. The van der Waals surface area contributed by atoms with Crippen LogP contribution < -0.4 is 5.30 Å². The average Bonchev–Trinajstić information content (AvgIpc) is 1.88. The van der Waals surface area contributed by atoms with Crippen LogP contribution in [-0.4, -0.2) is 20.0 Å². The fraction of sp³-hybridized carbons (Fsp3) is 0.333. The molecule has 0 N–H and O–H groups in total. The third kappa shape index (κ3) is 1.82. The van der Waals surface area contributed by atoms with Gasteiger partial charge in [0.1, 0.15) is 0 Å². The van der Waals surface area contributed by atoms with Gasteiger partial charge in [0.15, 0.2) is 0 Å². The highest BCUT2D eigenvalue weighted by molar-refractivity contribution is 7.80. The summed E-state index contributed by atoms with van der Waals surface area (Å²) < 4.78 is 0. The zero-order valence-electron chi connectivity index (χ0n) is 6.83. The van der Waals surface area contributed by atoms with Gasteiger partial charge in [0.25, 0.3) is 0 Å². The number of rotatable bonds is 1. The zero-order chi connectivity index (χ0) is 7.61. The fourth-order valence-corrected chi connectivity index (χ4v) is 1.94. The Kier molecular flexibility index (Phi) is 2.11. The van der Waals surface area contributed by atoms with Gasteiger partial charge in [0.05, 0.1) is 25.3 Å². The molecular weight excluding hydrogens is 139 g/mol. The van der Waals surface area contributed by atoms with Crippen LogP contribution in [0.1, 0.15) is 0 Å². The molecule has 1 rings (SSSR count). The highest BCUT2D eigenvalue weighted by atomic mass is 31.2. The standard InChI is InChI=1S/C9H14P/c1-10(2,3)9-7-5-4-6-8-9/h4-8H,1-3H3/q+1. The number of benzene rings is 1. The summed E-state index contributed by atoms with van der Waals surface area (Å²) in [5, 5.41) is 1.51. The third-order valence-electron chi connectivity index (χ3n) is 1.53. The van der Waals surface area contributed by atoms with Crippen LogP contribution in [0.25, 0.3) is 0 Å². The molecule has 0 unspecified atom stereocenters. The lowest BCUT2D eigenvalue weighted by Gasteiger charge is -2.10. The van der Waals surface area contributed by atoms with Crippen molar-refractivity contribution < 1.29 is 0 Å². The summed E-state index contributed by atoms with van der Waals surface area (Å²) in [6.45, 7) is 7.01. The van der Waals surface area contributed by atoms with Gasteiger partial charge < -0.3 is 0 Å². The van der Waals surface area contributed by atoms with E-state index in [4.69, 9.17) is 0 Å². The Balaban J connectivity index is 2.97. The van der Waals surface area contributed by atoms with Gasteiger partial charge in [-0.2, -0.15) is 0 Å². The average molecular weight is 153 g/mol. The minimum absolute atomic E-state index is 0.768. The molecule has 10 heavy (non-hydrogen) atoms. The molecule has 0 saturated heterocycles. The summed E-state index contributed by atoms with van der Waals surface area (Å²) >= 11 is 0. The second kappa shape index (κ2) is 2.72. The molecule has 0 saturated carbocycles. The first-order valence-corrected chi connectivity index (χ1v) is 6.61. The van der Waals surface area contributed by atoms with Crippen LogP contribution in [0.15, 0.2) is 30.3 Å². The Morgan fingerprint density at radius 2 is 1.40 bits per heavy atom. The van der Waals surface area contributed by atoms with Crippen LogP contribution in [0.3, 0.4) is 0 Å². The Hall–Kier alpha value is -0.350. The molecule has 0 fully saturated rings. The molecule has 0 aliphatic heterocycles. The molecule has 54 valence electrons. The van der Waals surface area contributed by atoms with E-state index in [0.717, 1.165) is 0 Å². The van der Waals surface area contributed by atoms with Crippen molar-refractivity contribution in [1.29, 1.82) is 0 Å². The molecule has 0 spiro atoms. The van der Waals surface area contributed by atoms with Crippen LogP contribution in [-0.2, 0) is 0 Å². The summed E-state index contributed by atoms with van der Waals surface area (Å²) in [4.78, 5) is 0. The van der Waals surface area contributed by atoms with Crippen molar-refractivity contribution in [3.63, 3.8) is 0 Å². The van der Waals surface area contributed by atoms with Gasteiger partial charge in [0.2, 0.25) is 0 Å². The van der Waals surface area contributed by atoms with E-state index in [1.165, 1.54) is 5.30 Å². The maximum Gasteiger partial charge on any atom is 0.0930 e. The maximum atomic E-state index is 2.34. The molecule has 0 atom stereocenters. The summed E-state index contributed by atoms with van der Waals surface area (Å²) in [5.74, 6) is 0. The smallest absolute Gasteiger partial charge is 0.0620 e. The molecule has 1 aromatic rings. The Morgan fingerprint density at radius 1 is 0.900 bits per heavy atom. The van der Waals surface area contributed by atoms with E-state index >= 15 is 0 Å². The number of hydrogen-bond acceptors (Lipinski definition) is 0. The van der Waals surface area contributed by atoms with Crippen LogP contribution in [0.5, 0.6) is 0 Å². The normalized spacial score (nSPS) is 11.5. The second-order valence-corrected chi connectivity index (χ2v) is 7.89. The first-order chi connectivity index (χ1) is 4.61. The molecule has 0 aliphatic rings. The van der Waals surface area contributed by atoms with E-state index in [0.29, 0.717) is 0 Å². The highest BCUT2D eigenvalue weighted by Gasteiger charge is 2.19. The van der Waals surface area contributed by atoms with Crippen molar-refractivity contribution in [2.24, 2.45) is 0 Å². The molecule has 0 heterocycles. The molecule has 0 amide bonds. The van der Waals surface area contributed by atoms with E-state index in [-0.39, 0.29) is 0 Å². The largest absolute Gasteiger partial charge is 0.0930 e. The highest BCUT2D eigenvalue weighted by Crippen LogP contribution is 2.44. The minimum Gasteiger partial charge on any atom is -0.0620 e. The molecule has 0 nitrogen and oxygen atoms in total. The summed E-state index contributed by atoms with van der Waals surface area (Å²) in [6, 6.07) is 10.7. The van der Waals surface area contributed by atoms with Gasteiger partial charge in [-0.25, -0.2) is 0 Å². The van der Waals surface area contributed by atoms with Gasteiger partial charge in [-0.15, -0.1) is 0 Å². The predicted molar refractivity (Wildman–Crippen MR) is 50.8 cm³/mol. The molecule has 0 bridgehead atoms. The van der Waals surface area contributed by atoms with Gasteiger partial charge >= 0.3 is 0 Å². The number of hydrogen-bond donors (Lipinski definition) is 0. The quantitative estimate of drug-likeness (QED) is 0.543. The van der Waals surface area contributed by atoms with Gasteiger partial charge in [-0.3, -0.25) is 0 Å². The topological polar surface area (TPSA) is 0 Å². The van der Waals surface area contributed by atoms with E-state index in [1.807, 2.05) is 0 Å². The molecule has 1 aromatic carbocycles. The van der Waals surface area contributed by atoms with Crippen molar-refractivity contribution in [3.05, 3.63) is 30.3 Å². The molecule has 0 aliphatic carbocycles. The lowest BCUT2D eigenvalue weighted by atomic mass is 10.4. The van der Waals surface area contributed by atoms with E-state index in [2.05, 4.69) is 50.3 Å². The van der Waals surface area contributed by atoms with Gasteiger partial charge in [0, 0.05) is 7.26 Å². The van der Waals surface area contributed by atoms with Gasteiger partial charge in [-0.1, -0.05) is 18.2 Å². The van der Waals surface area contributed by atoms with Crippen LogP contribution in [0, 0.1) is 0 Å². The first-order valence-electron chi connectivity index (χ1n) is 3.48. The zero-order valence-corrected chi connectivity index (χ0v) is 7.73. The monoisotopic (exact) mass is 153 g/mol. The Morgan fingerprint density at radius 3 is 1.70 bits per heavy atom. The Labute approximate surface area is 63.6 Å². The van der Waals surface area contributed by atoms with Crippen LogP contribution in [0.2, 0.25) is 0 Å². The van der Waals surface area contributed by atoms with Gasteiger partial charge in [-0.05, 0) is 12.1 Å². The molecule has 1 heteroatoms. The second-order valence-electron chi connectivity index (χ2n) is 3.35.